The molecule has 0 saturated heterocycles. The average molecular weight is 341 g/mol. The number of aromatic nitrogens is 2. The normalized spacial score (nSPS) is 18.0. The van der Waals surface area contributed by atoms with Crippen LogP contribution in [-0.2, 0) is 16.1 Å². The van der Waals surface area contributed by atoms with Crippen LogP contribution in [0.2, 0.25) is 0 Å². The number of imidazole rings is 1. The Balaban J connectivity index is 2.09. The maximum Gasteiger partial charge on any atom is 0.325 e. The van der Waals surface area contributed by atoms with Crippen LogP contribution in [0.1, 0.15) is 80.7 Å². The molecule has 1 aromatic carbocycles. The largest absolute Gasteiger partial charge is 0.373 e. The molecule has 0 saturated carbocycles. The Hall–Kier alpha value is -2.14. The first-order valence-electron chi connectivity index (χ1n) is 9.08. The lowest BCUT2D eigenvalue weighted by Crippen LogP contribution is -2.22. The zero-order chi connectivity index (χ0) is 18.0. The highest BCUT2D eigenvalue weighted by Crippen LogP contribution is 2.39. The Morgan fingerprint density at radius 3 is 2.68 bits per heavy atom. The number of hydrogen-bond donors (Lipinski definition) is 1. The van der Waals surface area contributed by atoms with E-state index >= 15 is 0 Å². The van der Waals surface area contributed by atoms with Crippen molar-refractivity contribution >= 4 is 5.97 Å². The molecule has 5 heteroatoms. The molecule has 1 aliphatic carbocycles. The molecule has 2 atom stereocenters. The summed E-state index contributed by atoms with van der Waals surface area (Å²) in [5.74, 6) is 6.25. The van der Waals surface area contributed by atoms with Crippen LogP contribution in [0.25, 0.3) is 0 Å². The lowest BCUT2D eigenvalue weighted by atomic mass is 9.87. The molecule has 0 aliphatic heterocycles. The molecule has 2 N–H and O–H groups in total. The monoisotopic (exact) mass is 341 g/mol. The van der Waals surface area contributed by atoms with Gasteiger partial charge in [0, 0.05) is 17.5 Å². The number of hydrogen-bond acceptors (Lipinski definition) is 4. The molecule has 1 aliphatic rings. The third-order valence-corrected chi connectivity index (χ3v) is 5.13. The van der Waals surface area contributed by atoms with E-state index < -0.39 is 0 Å². The van der Waals surface area contributed by atoms with Crippen molar-refractivity contribution in [1.82, 2.24) is 9.55 Å². The summed E-state index contributed by atoms with van der Waals surface area (Å²) in [6.45, 7) is 6.55. The predicted molar refractivity (Wildman–Crippen MR) is 97.1 cm³/mol. The van der Waals surface area contributed by atoms with Gasteiger partial charge in [0.15, 0.2) is 0 Å². The van der Waals surface area contributed by atoms with Crippen LogP contribution in [0.15, 0.2) is 30.3 Å². The number of carbonyl (C=O) groups excluding carboxylic acids is 1. The fourth-order valence-corrected chi connectivity index (χ4v) is 3.92. The summed E-state index contributed by atoms with van der Waals surface area (Å²) in [5.41, 5.74) is 3.57. The van der Waals surface area contributed by atoms with E-state index in [1.54, 1.807) is 0 Å². The Bertz CT molecular complexity index is 737. The topological polar surface area (TPSA) is 70.1 Å². The van der Waals surface area contributed by atoms with Gasteiger partial charge < -0.3 is 9.40 Å². The summed E-state index contributed by atoms with van der Waals surface area (Å²) < 4.78 is 2.35. The van der Waals surface area contributed by atoms with Crippen LogP contribution in [-0.4, -0.2) is 15.5 Å². The zero-order valence-corrected chi connectivity index (χ0v) is 15.2. The summed E-state index contributed by atoms with van der Waals surface area (Å²) in [6, 6.07) is 10.6. The van der Waals surface area contributed by atoms with E-state index in [9.17, 15) is 4.79 Å². The van der Waals surface area contributed by atoms with Gasteiger partial charge in [-0.15, -0.1) is 0 Å². The highest BCUT2D eigenvalue weighted by molar-refractivity contribution is 5.70. The molecule has 0 radical (unpaired) electrons. The number of nitrogens with zero attached hydrogens (tertiary/aromatic N) is 2. The van der Waals surface area contributed by atoms with Gasteiger partial charge in [0.2, 0.25) is 0 Å². The molecule has 134 valence electrons. The van der Waals surface area contributed by atoms with Gasteiger partial charge in [0.1, 0.15) is 5.82 Å². The SMILES string of the molecule is CC(C)c1nc2c(n1[C@H](C)c1ccccc1)C(CC(=O)ON)CCC2. The molecule has 2 aromatic rings. The summed E-state index contributed by atoms with van der Waals surface area (Å²) in [5, 5.41) is 0. The quantitative estimate of drug-likeness (QED) is 0.839. The maximum atomic E-state index is 11.8. The summed E-state index contributed by atoms with van der Waals surface area (Å²) in [6.07, 6.45) is 3.29. The van der Waals surface area contributed by atoms with Crippen molar-refractivity contribution in [3.05, 3.63) is 53.1 Å². The second kappa shape index (κ2) is 7.40. The van der Waals surface area contributed by atoms with E-state index in [4.69, 9.17) is 10.9 Å². The van der Waals surface area contributed by atoms with Crippen LogP contribution in [0.4, 0.5) is 0 Å². The third-order valence-electron chi connectivity index (χ3n) is 5.13. The van der Waals surface area contributed by atoms with Gasteiger partial charge in [-0.1, -0.05) is 44.2 Å². The van der Waals surface area contributed by atoms with Crippen molar-refractivity contribution in [2.24, 2.45) is 5.90 Å². The lowest BCUT2D eigenvalue weighted by molar-refractivity contribution is -0.144. The summed E-state index contributed by atoms with van der Waals surface area (Å²) in [4.78, 5) is 21.2. The van der Waals surface area contributed by atoms with Gasteiger partial charge in [-0.05, 0) is 31.7 Å². The Morgan fingerprint density at radius 1 is 1.32 bits per heavy atom. The molecule has 25 heavy (non-hydrogen) atoms. The molecule has 1 unspecified atom stereocenters. The smallest absolute Gasteiger partial charge is 0.325 e. The van der Waals surface area contributed by atoms with Gasteiger partial charge in [-0.3, -0.25) is 4.79 Å². The van der Waals surface area contributed by atoms with Crippen LogP contribution in [0.5, 0.6) is 0 Å². The minimum absolute atomic E-state index is 0.117. The molecule has 1 aromatic heterocycles. The number of aryl methyl sites for hydroxylation is 1. The fraction of sp³-hybridized carbons (Fsp3) is 0.500. The Labute approximate surface area is 149 Å². The minimum Gasteiger partial charge on any atom is -0.373 e. The van der Waals surface area contributed by atoms with Gasteiger partial charge in [-0.25, -0.2) is 4.98 Å². The Morgan fingerprint density at radius 2 is 2.04 bits per heavy atom. The van der Waals surface area contributed by atoms with E-state index in [1.807, 2.05) is 6.07 Å². The first kappa shape index (κ1) is 17.7. The molecule has 0 spiro atoms. The minimum atomic E-state index is -0.357. The van der Waals surface area contributed by atoms with Crippen molar-refractivity contribution in [2.75, 3.05) is 0 Å². The van der Waals surface area contributed by atoms with Gasteiger partial charge in [0.05, 0.1) is 18.2 Å². The van der Waals surface area contributed by atoms with Gasteiger partial charge in [-0.2, -0.15) is 5.90 Å². The first-order valence-corrected chi connectivity index (χ1v) is 9.08. The summed E-state index contributed by atoms with van der Waals surface area (Å²) >= 11 is 0. The molecule has 5 nitrogen and oxygen atoms in total. The molecule has 3 rings (SSSR count). The van der Waals surface area contributed by atoms with E-state index in [0.717, 1.165) is 30.8 Å². The lowest BCUT2D eigenvalue weighted by Gasteiger charge is -2.28. The average Bonchev–Trinajstić information content (AvgIpc) is 3.02. The number of rotatable bonds is 5. The van der Waals surface area contributed by atoms with Crippen molar-refractivity contribution in [2.45, 2.75) is 64.3 Å². The van der Waals surface area contributed by atoms with E-state index in [-0.39, 0.29) is 17.9 Å². The second-order valence-electron chi connectivity index (χ2n) is 7.20. The number of benzene rings is 1. The predicted octanol–water partition coefficient (Wildman–Crippen LogP) is 3.84. The molecular formula is C20H27N3O2. The molecule has 0 bridgehead atoms. The van der Waals surface area contributed by atoms with Crippen molar-refractivity contribution in [3.63, 3.8) is 0 Å². The zero-order valence-electron chi connectivity index (χ0n) is 15.2. The Kier molecular flexibility index (Phi) is 5.23. The van der Waals surface area contributed by atoms with E-state index in [0.29, 0.717) is 12.3 Å². The van der Waals surface area contributed by atoms with Crippen LogP contribution >= 0.6 is 0 Å². The van der Waals surface area contributed by atoms with Crippen molar-refractivity contribution < 1.29 is 9.63 Å². The number of nitrogens with two attached hydrogens (primary N) is 1. The fourth-order valence-electron chi connectivity index (χ4n) is 3.92. The second-order valence-corrected chi connectivity index (χ2v) is 7.20. The first-order chi connectivity index (χ1) is 12.0. The molecule has 0 amide bonds. The number of fused-ring (bicyclic) bond motifs is 1. The standard InChI is InChI=1S/C20H27N3O2/c1-13(2)20-22-17-11-7-10-16(12-18(24)25-21)19(17)23(20)14(3)15-8-5-4-6-9-15/h4-6,8-9,13-14,16H,7,10-12,21H2,1-3H3/t14-,16?/m1/s1. The summed E-state index contributed by atoms with van der Waals surface area (Å²) in [7, 11) is 0. The van der Waals surface area contributed by atoms with Gasteiger partial charge in [0.25, 0.3) is 0 Å². The van der Waals surface area contributed by atoms with Crippen LogP contribution in [0, 0.1) is 0 Å². The molecule has 0 fully saturated rings. The van der Waals surface area contributed by atoms with Crippen LogP contribution < -0.4 is 5.90 Å². The van der Waals surface area contributed by atoms with Crippen molar-refractivity contribution in [1.29, 1.82) is 0 Å². The third kappa shape index (κ3) is 3.47. The molecular weight excluding hydrogens is 314 g/mol. The van der Waals surface area contributed by atoms with Crippen LogP contribution in [0.3, 0.4) is 0 Å². The van der Waals surface area contributed by atoms with E-state index in [2.05, 4.69) is 54.4 Å². The highest BCUT2D eigenvalue weighted by atomic mass is 16.7. The van der Waals surface area contributed by atoms with E-state index in [1.165, 1.54) is 11.3 Å². The number of carbonyl (C=O) groups is 1. The van der Waals surface area contributed by atoms with Crippen molar-refractivity contribution in [3.8, 4) is 0 Å². The van der Waals surface area contributed by atoms with Gasteiger partial charge >= 0.3 is 5.97 Å². The molecule has 1 heterocycles. The maximum absolute atomic E-state index is 11.8. The highest BCUT2D eigenvalue weighted by Gasteiger charge is 2.32.